The highest BCUT2D eigenvalue weighted by molar-refractivity contribution is 5.35. The zero-order valence-electron chi connectivity index (χ0n) is 11.0. The first kappa shape index (κ1) is 11.6. The highest BCUT2D eigenvalue weighted by Crippen LogP contribution is 2.45. The number of aryl methyl sites for hydroxylation is 1. The first-order valence-electron chi connectivity index (χ1n) is 6.94. The van der Waals surface area contributed by atoms with Gasteiger partial charge in [-0.3, -0.25) is 0 Å². The van der Waals surface area contributed by atoms with Gasteiger partial charge in [0.1, 0.15) is 11.5 Å². The SMILES string of the molecule is Cc1ccc(C2(c3ccccc3)CCCCC2)o1. The highest BCUT2D eigenvalue weighted by atomic mass is 16.3. The number of hydrogen-bond acceptors (Lipinski definition) is 1. The summed E-state index contributed by atoms with van der Waals surface area (Å²) in [6.07, 6.45) is 6.38. The molecule has 0 N–H and O–H groups in total. The minimum absolute atomic E-state index is 0.119. The van der Waals surface area contributed by atoms with Crippen molar-refractivity contribution in [2.75, 3.05) is 0 Å². The van der Waals surface area contributed by atoms with Crippen LogP contribution in [-0.2, 0) is 5.41 Å². The van der Waals surface area contributed by atoms with Crippen LogP contribution in [0, 0.1) is 6.92 Å². The summed E-state index contributed by atoms with van der Waals surface area (Å²) in [5, 5.41) is 0. The fraction of sp³-hybridized carbons (Fsp3) is 0.412. The van der Waals surface area contributed by atoms with E-state index in [1.165, 1.54) is 37.7 Å². The normalized spacial score (nSPS) is 18.7. The summed E-state index contributed by atoms with van der Waals surface area (Å²) in [4.78, 5) is 0. The molecular formula is C17H20O. The van der Waals surface area contributed by atoms with Crippen molar-refractivity contribution in [2.45, 2.75) is 44.4 Å². The Bertz CT molecular complexity index is 503. The molecule has 0 aliphatic heterocycles. The lowest BCUT2D eigenvalue weighted by atomic mass is 9.68. The van der Waals surface area contributed by atoms with Gasteiger partial charge in [-0.1, -0.05) is 49.6 Å². The molecule has 2 aromatic rings. The van der Waals surface area contributed by atoms with Gasteiger partial charge in [0.2, 0.25) is 0 Å². The van der Waals surface area contributed by atoms with E-state index in [4.69, 9.17) is 4.42 Å². The summed E-state index contributed by atoms with van der Waals surface area (Å²) in [6, 6.07) is 15.1. The molecule has 0 spiro atoms. The lowest BCUT2D eigenvalue weighted by molar-refractivity contribution is 0.286. The van der Waals surface area contributed by atoms with Gasteiger partial charge < -0.3 is 4.42 Å². The van der Waals surface area contributed by atoms with Crippen LogP contribution < -0.4 is 0 Å². The molecule has 1 aromatic heterocycles. The van der Waals surface area contributed by atoms with Gasteiger partial charge >= 0.3 is 0 Å². The van der Waals surface area contributed by atoms with Gasteiger partial charge in [-0.2, -0.15) is 0 Å². The summed E-state index contributed by atoms with van der Waals surface area (Å²) in [5.41, 5.74) is 1.53. The van der Waals surface area contributed by atoms with Gasteiger partial charge in [0.15, 0.2) is 0 Å². The van der Waals surface area contributed by atoms with Gasteiger partial charge in [0.25, 0.3) is 0 Å². The number of hydrogen-bond donors (Lipinski definition) is 0. The third kappa shape index (κ3) is 1.88. The number of benzene rings is 1. The van der Waals surface area contributed by atoms with Crippen LogP contribution in [0.15, 0.2) is 46.9 Å². The lowest BCUT2D eigenvalue weighted by Crippen LogP contribution is -2.29. The third-order valence-corrected chi connectivity index (χ3v) is 4.25. The van der Waals surface area contributed by atoms with E-state index in [1.807, 2.05) is 6.92 Å². The van der Waals surface area contributed by atoms with Crippen molar-refractivity contribution in [3.05, 3.63) is 59.5 Å². The molecule has 0 atom stereocenters. The van der Waals surface area contributed by atoms with Gasteiger partial charge in [-0.25, -0.2) is 0 Å². The Kier molecular flexibility index (Phi) is 2.99. The van der Waals surface area contributed by atoms with Crippen LogP contribution in [0.2, 0.25) is 0 Å². The maximum atomic E-state index is 5.98. The fourth-order valence-corrected chi connectivity index (χ4v) is 3.28. The van der Waals surface area contributed by atoms with Crippen molar-refractivity contribution >= 4 is 0 Å². The molecule has 0 saturated heterocycles. The van der Waals surface area contributed by atoms with Crippen molar-refractivity contribution in [1.29, 1.82) is 0 Å². The Balaban J connectivity index is 2.09. The number of furan rings is 1. The standard InChI is InChI=1S/C17H20O/c1-14-10-11-16(18-14)17(12-6-3-7-13-17)15-8-4-2-5-9-15/h2,4-5,8-11H,3,6-7,12-13H2,1H3. The van der Waals surface area contributed by atoms with Crippen LogP contribution in [0.5, 0.6) is 0 Å². The van der Waals surface area contributed by atoms with E-state index in [9.17, 15) is 0 Å². The minimum atomic E-state index is 0.119. The van der Waals surface area contributed by atoms with Crippen LogP contribution in [0.4, 0.5) is 0 Å². The number of rotatable bonds is 2. The average molecular weight is 240 g/mol. The van der Waals surface area contributed by atoms with Crippen LogP contribution >= 0.6 is 0 Å². The van der Waals surface area contributed by atoms with Crippen molar-refractivity contribution < 1.29 is 4.42 Å². The Morgan fingerprint density at radius 1 is 0.889 bits per heavy atom. The highest BCUT2D eigenvalue weighted by Gasteiger charge is 2.38. The molecule has 1 nitrogen and oxygen atoms in total. The Morgan fingerprint density at radius 3 is 2.22 bits per heavy atom. The van der Waals surface area contributed by atoms with Gasteiger partial charge in [0, 0.05) is 0 Å². The molecule has 1 heterocycles. The smallest absolute Gasteiger partial charge is 0.114 e. The summed E-state index contributed by atoms with van der Waals surface area (Å²) < 4.78 is 5.98. The minimum Gasteiger partial charge on any atom is -0.465 e. The van der Waals surface area contributed by atoms with Crippen LogP contribution in [0.25, 0.3) is 0 Å². The van der Waals surface area contributed by atoms with Gasteiger partial charge in [-0.05, 0) is 37.5 Å². The summed E-state index contributed by atoms with van der Waals surface area (Å²) in [7, 11) is 0. The largest absolute Gasteiger partial charge is 0.465 e. The summed E-state index contributed by atoms with van der Waals surface area (Å²) >= 11 is 0. The molecule has 1 saturated carbocycles. The van der Waals surface area contributed by atoms with E-state index in [1.54, 1.807) is 0 Å². The summed E-state index contributed by atoms with van der Waals surface area (Å²) in [5.74, 6) is 2.18. The molecule has 0 amide bonds. The van der Waals surface area contributed by atoms with Crippen molar-refractivity contribution in [2.24, 2.45) is 0 Å². The second-order valence-electron chi connectivity index (χ2n) is 5.42. The van der Waals surface area contributed by atoms with E-state index >= 15 is 0 Å². The predicted molar refractivity (Wildman–Crippen MR) is 73.8 cm³/mol. The average Bonchev–Trinajstić information content (AvgIpc) is 2.88. The Hall–Kier alpha value is -1.50. The van der Waals surface area contributed by atoms with Crippen LogP contribution in [0.3, 0.4) is 0 Å². The van der Waals surface area contributed by atoms with Gasteiger partial charge in [-0.15, -0.1) is 0 Å². The second kappa shape index (κ2) is 4.64. The maximum Gasteiger partial charge on any atom is 0.114 e. The topological polar surface area (TPSA) is 13.1 Å². The van der Waals surface area contributed by atoms with Crippen molar-refractivity contribution in [3.8, 4) is 0 Å². The molecule has 0 radical (unpaired) electrons. The zero-order valence-corrected chi connectivity index (χ0v) is 11.0. The molecular weight excluding hydrogens is 220 g/mol. The van der Waals surface area contributed by atoms with E-state index in [0.717, 1.165) is 11.5 Å². The molecule has 1 aromatic carbocycles. The predicted octanol–water partition coefficient (Wildman–Crippen LogP) is 4.84. The molecule has 1 aliphatic carbocycles. The fourth-order valence-electron chi connectivity index (χ4n) is 3.28. The monoisotopic (exact) mass is 240 g/mol. The molecule has 1 heteroatoms. The Labute approximate surface area is 109 Å². The maximum absolute atomic E-state index is 5.98. The quantitative estimate of drug-likeness (QED) is 0.732. The van der Waals surface area contributed by atoms with Crippen LogP contribution in [-0.4, -0.2) is 0 Å². The molecule has 1 aliphatic rings. The summed E-state index contributed by atoms with van der Waals surface area (Å²) in [6.45, 7) is 2.03. The molecule has 1 fully saturated rings. The zero-order chi connectivity index (χ0) is 12.4. The van der Waals surface area contributed by atoms with E-state index in [0.29, 0.717) is 0 Å². The van der Waals surface area contributed by atoms with Crippen LogP contribution in [0.1, 0.15) is 49.2 Å². The lowest BCUT2D eigenvalue weighted by Gasteiger charge is -2.36. The van der Waals surface area contributed by atoms with E-state index in [-0.39, 0.29) is 5.41 Å². The molecule has 94 valence electrons. The first-order valence-corrected chi connectivity index (χ1v) is 6.94. The third-order valence-electron chi connectivity index (χ3n) is 4.25. The molecule has 0 bridgehead atoms. The first-order chi connectivity index (χ1) is 8.81. The Morgan fingerprint density at radius 2 is 1.61 bits per heavy atom. The molecule has 18 heavy (non-hydrogen) atoms. The van der Waals surface area contributed by atoms with Crippen molar-refractivity contribution in [3.63, 3.8) is 0 Å². The second-order valence-corrected chi connectivity index (χ2v) is 5.42. The van der Waals surface area contributed by atoms with Crippen molar-refractivity contribution in [1.82, 2.24) is 0 Å². The van der Waals surface area contributed by atoms with Gasteiger partial charge in [0.05, 0.1) is 5.41 Å². The molecule has 0 unspecified atom stereocenters. The van der Waals surface area contributed by atoms with E-state index < -0.39 is 0 Å². The van der Waals surface area contributed by atoms with E-state index in [2.05, 4.69) is 42.5 Å². The molecule has 3 rings (SSSR count).